The minimum absolute atomic E-state index is 0.0352. The van der Waals surface area contributed by atoms with Crippen LogP contribution in [0.1, 0.15) is 17.9 Å². The molecule has 1 aliphatic rings. The predicted molar refractivity (Wildman–Crippen MR) is 82.7 cm³/mol. The fourth-order valence-corrected chi connectivity index (χ4v) is 2.21. The van der Waals surface area contributed by atoms with Crippen LogP contribution in [0, 0.1) is 0 Å². The minimum Gasteiger partial charge on any atom is -0.508 e. The third-order valence-electron chi connectivity index (χ3n) is 3.35. The SMILES string of the molecule is COC(=O)CC1COc2cc(O)ccc21.Oc1cccc(O)c1. The highest BCUT2D eigenvalue weighted by molar-refractivity contribution is 5.71. The van der Waals surface area contributed by atoms with Crippen LogP contribution in [0.15, 0.2) is 42.5 Å². The van der Waals surface area contributed by atoms with E-state index in [1.54, 1.807) is 24.3 Å². The van der Waals surface area contributed by atoms with Gasteiger partial charge in [0.15, 0.2) is 0 Å². The van der Waals surface area contributed by atoms with E-state index in [4.69, 9.17) is 14.9 Å². The van der Waals surface area contributed by atoms with Gasteiger partial charge in [-0.05, 0) is 18.2 Å². The summed E-state index contributed by atoms with van der Waals surface area (Å²) in [7, 11) is 1.37. The van der Waals surface area contributed by atoms with E-state index >= 15 is 0 Å². The van der Waals surface area contributed by atoms with Crippen molar-refractivity contribution in [2.24, 2.45) is 0 Å². The Bertz CT molecular complexity index is 665. The number of carbonyl (C=O) groups is 1. The zero-order valence-corrected chi connectivity index (χ0v) is 12.6. The molecule has 0 fully saturated rings. The van der Waals surface area contributed by atoms with Gasteiger partial charge in [-0.1, -0.05) is 12.1 Å². The molecule has 2 aromatic rings. The van der Waals surface area contributed by atoms with Crippen LogP contribution in [0.4, 0.5) is 0 Å². The molecule has 1 atom stereocenters. The van der Waals surface area contributed by atoms with E-state index in [0.29, 0.717) is 18.8 Å². The number of phenolic OH excluding ortho intramolecular Hbond substituents is 3. The van der Waals surface area contributed by atoms with Crippen molar-refractivity contribution in [1.82, 2.24) is 0 Å². The zero-order valence-electron chi connectivity index (χ0n) is 12.6. The van der Waals surface area contributed by atoms with E-state index in [1.807, 2.05) is 0 Å². The summed E-state index contributed by atoms with van der Waals surface area (Å²) in [5, 5.41) is 26.5. The first kappa shape index (κ1) is 16.5. The van der Waals surface area contributed by atoms with Gasteiger partial charge in [-0.15, -0.1) is 0 Å². The normalized spacial score (nSPS) is 14.9. The molecule has 6 heteroatoms. The van der Waals surface area contributed by atoms with Crippen molar-refractivity contribution in [3.63, 3.8) is 0 Å². The third kappa shape index (κ3) is 4.54. The lowest BCUT2D eigenvalue weighted by Gasteiger charge is -2.06. The lowest BCUT2D eigenvalue weighted by Crippen LogP contribution is -2.09. The number of benzene rings is 2. The fourth-order valence-electron chi connectivity index (χ4n) is 2.21. The summed E-state index contributed by atoms with van der Waals surface area (Å²) in [6.07, 6.45) is 0.314. The lowest BCUT2D eigenvalue weighted by molar-refractivity contribution is -0.141. The van der Waals surface area contributed by atoms with Gasteiger partial charge in [-0.3, -0.25) is 4.79 Å². The number of hydrogen-bond acceptors (Lipinski definition) is 6. The standard InChI is InChI=1S/C11H12O4.C6H6O2/c1-14-11(13)4-7-6-15-10-5-8(12)2-3-9(7)10;7-5-2-1-3-6(8)4-5/h2-3,5,7,12H,4,6H2,1H3;1-4,7-8H. The maximum atomic E-state index is 11.1. The topological polar surface area (TPSA) is 96.2 Å². The van der Waals surface area contributed by atoms with Crippen LogP contribution in [0.5, 0.6) is 23.0 Å². The second-order valence-electron chi connectivity index (χ2n) is 5.03. The molecular formula is C17H18O6. The average molecular weight is 318 g/mol. The first-order valence-electron chi connectivity index (χ1n) is 7.00. The average Bonchev–Trinajstić information content (AvgIpc) is 2.89. The van der Waals surface area contributed by atoms with Crippen LogP contribution in [0.25, 0.3) is 0 Å². The first-order valence-corrected chi connectivity index (χ1v) is 7.00. The third-order valence-corrected chi connectivity index (χ3v) is 3.35. The molecule has 0 amide bonds. The number of hydrogen-bond donors (Lipinski definition) is 3. The van der Waals surface area contributed by atoms with Gasteiger partial charge in [-0.2, -0.15) is 0 Å². The Hall–Kier alpha value is -2.89. The van der Waals surface area contributed by atoms with Gasteiger partial charge in [0.1, 0.15) is 23.0 Å². The fraction of sp³-hybridized carbons (Fsp3) is 0.235. The largest absolute Gasteiger partial charge is 0.508 e. The van der Waals surface area contributed by atoms with E-state index in [2.05, 4.69) is 4.74 Å². The van der Waals surface area contributed by atoms with Crippen molar-refractivity contribution < 1.29 is 29.6 Å². The van der Waals surface area contributed by atoms with Crippen molar-refractivity contribution in [3.05, 3.63) is 48.0 Å². The molecule has 0 aromatic heterocycles. The summed E-state index contributed by atoms with van der Waals surface area (Å²) in [5.41, 5.74) is 0.957. The highest BCUT2D eigenvalue weighted by Crippen LogP contribution is 2.37. The van der Waals surface area contributed by atoms with Crippen LogP contribution < -0.4 is 4.74 Å². The van der Waals surface area contributed by atoms with Gasteiger partial charge in [0.05, 0.1) is 20.1 Å². The Labute approximate surface area is 133 Å². The summed E-state index contributed by atoms with van der Waals surface area (Å²) in [4.78, 5) is 11.1. The summed E-state index contributed by atoms with van der Waals surface area (Å²) < 4.78 is 9.98. The summed E-state index contributed by atoms with van der Waals surface area (Å²) >= 11 is 0. The Morgan fingerprint density at radius 3 is 2.35 bits per heavy atom. The quantitative estimate of drug-likeness (QED) is 0.736. The van der Waals surface area contributed by atoms with Crippen molar-refractivity contribution in [2.75, 3.05) is 13.7 Å². The van der Waals surface area contributed by atoms with Gasteiger partial charge in [0.2, 0.25) is 0 Å². The van der Waals surface area contributed by atoms with Crippen molar-refractivity contribution >= 4 is 5.97 Å². The van der Waals surface area contributed by atoms with Gasteiger partial charge in [0.25, 0.3) is 0 Å². The maximum Gasteiger partial charge on any atom is 0.306 e. The van der Waals surface area contributed by atoms with E-state index in [9.17, 15) is 9.90 Å². The van der Waals surface area contributed by atoms with Crippen LogP contribution in [-0.4, -0.2) is 35.0 Å². The Morgan fingerprint density at radius 2 is 1.78 bits per heavy atom. The number of methoxy groups -OCH3 is 1. The van der Waals surface area contributed by atoms with Gasteiger partial charge in [0, 0.05) is 23.6 Å². The van der Waals surface area contributed by atoms with E-state index in [0.717, 1.165) is 5.56 Å². The molecule has 6 nitrogen and oxygen atoms in total. The highest BCUT2D eigenvalue weighted by Gasteiger charge is 2.26. The Morgan fingerprint density at radius 1 is 1.13 bits per heavy atom. The summed E-state index contributed by atoms with van der Waals surface area (Å²) in [6, 6.07) is 10.8. The van der Waals surface area contributed by atoms with Gasteiger partial charge in [-0.25, -0.2) is 0 Å². The molecule has 1 aliphatic heterocycles. The minimum atomic E-state index is -0.246. The van der Waals surface area contributed by atoms with Gasteiger partial charge >= 0.3 is 5.97 Å². The summed E-state index contributed by atoms with van der Waals surface area (Å²) in [5.74, 6) is 0.795. The first-order chi connectivity index (χ1) is 11.0. The molecule has 122 valence electrons. The lowest BCUT2D eigenvalue weighted by atomic mass is 9.98. The number of phenols is 3. The maximum absolute atomic E-state index is 11.1. The predicted octanol–water partition coefficient (Wildman–Crippen LogP) is 2.53. The number of fused-ring (bicyclic) bond motifs is 1. The number of aromatic hydroxyl groups is 3. The van der Waals surface area contributed by atoms with E-state index < -0.39 is 0 Å². The van der Waals surface area contributed by atoms with Gasteiger partial charge < -0.3 is 24.8 Å². The molecule has 0 saturated heterocycles. The molecule has 0 saturated carbocycles. The molecular weight excluding hydrogens is 300 g/mol. The van der Waals surface area contributed by atoms with E-state index in [-0.39, 0.29) is 29.1 Å². The van der Waals surface area contributed by atoms with Crippen molar-refractivity contribution in [1.29, 1.82) is 0 Å². The number of esters is 1. The molecule has 0 aliphatic carbocycles. The molecule has 0 radical (unpaired) electrons. The van der Waals surface area contributed by atoms with Crippen molar-refractivity contribution in [3.8, 4) is 23.0 Å². The molecule has 2 aromatic carbocycles. The number of ether oxygens (including phenoxy) is 2. The second kappa shape index (κ2) is 7.40. The zero-order chi connectivity index (χ0) is 16.8. The van der Waals surface area contributed by atoms with Crippen molar-refractivity contribution in [2.45, 2.75) is 12.3 Å². The molecule has 1 heterocycles. The molecule has 1 unspecified atom stereocenters. The van der Waals surface area contributed by atoms with Crippen LogP contribution in [-0.2, 0) is 9.53 Å². The Kier molecular flexibility index (Phi) is 5.30. The van der Waals surface area contributed by atoms with E-state index in [1.165, 1.54) is 25.3 Å². The second-order valence-corrected chi connectivity index (χ2v) is 5.03. The Balaban J connectivity index is 0.000000203. The van der Waals surface area contributed by atoms with Crippen LogP contribution in [0.3, 0.4) is 0 Å². The van der Waals surface area contributed by atoms with Crippen LogP contribution >= 0.6 is 0 Å². The van der Waals surface area contributed by atoms with Crippen LogP contribution in [0.2, 0.25) is 0 Å². The smallest absolute Gasteiger partial charge is 0.306 e. The molecule has 0 bridgehead atoms. The molecule has 23 heavy (non-hydrogen) atoms. The number of rotatable bonds is 2. The summed E-state index contributed by atoms with van der Waals surface area (Å²) in [6.45, 7) is 0.466. The molecule has 0 spiro atoms. The molecule has 3 N–H and O–H groups in total. The molecule has 3 rings (SSSR count). The number of carbonyl (C=O) groups excluding carboxylic acids is 1. The highest BCUT2D eigenvalue weighted by atomic mass is 16.5. The monoisotopic (exact) mass is 318 g/mol.